The van der Waals surface area contributed by atoms with E-state index < -0.39 is 0 Å². The topological polar surface area (TPSA) is 36.4 Å². The summed E-state index contributed by atoms with van der Waals surface area (Å²) in [6.45, 7) is 3.18. The molecule has 0 N–H and O–H groups in total. The second-order valence-electron chi connectivity index (χ2n) is 6.24. The Morgan fingerprint density at radius 3 is 2.75 bits per heavy atom. The lowest BCUT2D eigenvalue weighted by molar-refractivity contribution is 0.0746. The highest BCUT2D eigenvalue weighted by atomic mass is 32.2. The van der Waals surface area contributed by atoms with Crippen LogP contribution < -0.4 is 4.90 Å². The van der Waals surface area contributed by atoms with Gasteiger partial charge in [0, 0.05) is 42.8 Å². The summed E-state index contributed by atoms with van der Waals surface area (Å²) in [5.41, 5.74) is 2.17. The zero-order valence-corrected chi connectivity index (χ0v) is 14.5. The number of carbonyl (C=O) groups is 1. The average Bonchev–Trinajstić information content (AvgIpc) is 2.68. The summed E-state index contributed by atoms with van der Waals surface area (Å²) < 4.78 is 0. The Kier molecular flexibility index (Phi) is 4.43. The van der Waals surface area contributed by atoms with Crippen molar-refractivity contribution in [2.45, 2.75) is 17.7 Å². The van der Waals surface area contributed by atoms with Gasteiger partial charge in [0.15, 0.2) is 0 Å². The zero-order valence-electron chi connectivity index (χ0n) is 13.6. The van der Waals surface area contributed by atoms with Crippen LogP contribution in [0.3, 0.4) is 0 Å². The van der Waals surface area contributed by atoms with Gasteiger partial charge in [-0.25, -0.2) is 4.98 Å². The van der Waals surface area contributed by atoms with E-state index in [-0.39, 0.29) is 5.91 Å². The number of hydrogen-bond acceptors (Lipinski definition) is 4. The predicted octanol–water partition coefficient (Wildman–Crippen LogP) is 3.08. The molecule has 4 rings (SSSR count). The van der Waals surface area contributed by atoms with Crippen molar-refractivity contribution >= 4 is 23.5 Å². The lowest BCUT2D eigenvalue weighted by Crippen LogP contribution is -2.49. The number of benzene rings is 1. The molecule has 2 aliphatic heterocycles. The number of hydrogen-bond donors (Lipinski definition) is 0. The van der Waals surface area contributed by atoms with E-state index in [1.54, 1.807) is 0 Å². The number of thioether (sulfide) groups is 1. The van der Waals surface area contributed by atoms with Gasteiger partial charge in [-0.1, -0.05) is 6.07 Å². The molecule has 0 atom stereocenters. The molecule has 24 heavy (non-hydrogen) atoms. The van der Waals surface area contributed by atoms with Crippen molar-refractivity contribution in [1.82, 2.24) is 9.88 Å². The molecule has 2 aliphatic rings. The van der Waals surface area contributed by atoms with E-state index in [1.807, 2.05) is 47.1 Å². The molecule has 0 aliphatic carbocycles. The molecule has 5 heteroatoms. The molecule has 1 fully saturated rings. The van der Waals surface area contributed by atoms with E-state index in [1.165, 1.54) is 22.6 Å². The van der Waals surface area contributed by atoms with Crippen molar-refractivity contribution in [3.8, 4) is 0 Å². The highest BCUT2D eigenvalue weighted by Crippen LogP contribution is 2.30. The van der Waals surface area contributed by atoms with Gasteiger partial charge < -0.3 is 9.80 Å². The number of aryl methyl sites for hydroxylation is 1. The first-order chi connectivity index (χ1) is 11.8. The lowest BCUT2D eigenvalue weighted by atomic mass is 10.1. The third-order valence-electron chi connectivity index (χ3n) is 4.70. The minimum atomic E-state index is 0.161. The summed E-state index contributed by atoms with van der Waals surface area (Å²) in [6.07, 6.45) is 4.12. The summed E-state index contributed by atoms with van der Waals surface area (Å²) in [4.78, 5) is 22.8. The van der Waals surface area contributed by atoms with Crippen LogP contribution in [-0.4, -0.2) is 47.7 Å². The monoisotopic (exact) mass is 339 g/mol. The molecular weight excluding hydrogens is 318 g/mol. The Hall–Kier alpha value is -2.01. The average molecular weight is 339 g/mol. The van der Waals surface area contributed by atoms with E-state index in [2.05, 4.69) is 22.0 Å². The molecule has 0 bridgehead atoms. The van der Waals surface area contributed by atoms with Crippen LogP contribution in [0.4, 0.5) is 5.82 Å². The smallest absolute Gasteiger partial charge is 0.253 e. The fourth-order valence-electron chi connectivity index (χ4n) is 3.36. The number of aromatic nitrogens is 1. The molecule has 1 amide bonds. The third-order valence-corrected chi connectivity index (χ3v) is 5.90. The van der Waals surface area contributed by atoms with Gasteiger partial charge in [0.1, 0.15) is 5.82 Å². The molecule has 1 aromatic carbocycles. The first-order valence-electron chi connectivity index (χ1n) is 8.52. The van der Waals surface area contributed by atoms with E-state index in [0.717, 1.165) is 44.0 Å². The first-order valence-corrected chi connectivity index (χ1v) is 9.51. The molecule has 2 aromatic rings. The van der Waals surface area contributed by atoms with Crippen molar-refractivity contribution in [3.05, 3.63) is 53.7 Å². The number of rotatable bonds is 2. The Balaban J connectivity index is 1.43. The standard InChI is InChI=1S/C19H21N3OS/c23-19(16-6-7-17-15(14-16)4-3-13-24-17)22-11-9-21(10-12-22)18-5-1-2-8-20-18/h1-2,5-8,14H,3-4,9-13H2. The van der Waals surface area contributed by atoms with Gasteiger partial charge in [0.2, 0.25) is 0 Å². The van der Waals surface area contributed by atoms with Crippen LogP contribution >= 0.6 is 11.8 Å². The molecule has 4 nitrogen and oxygen atoms in total. The number of piperazine rings is 1. The van der Waals surface area contributed by atoms with Crippen molar-refractivity contribution in [2.75, 3.05) is 36.8 Å². The lowest BCUT2D eigenvalue weighted by Gasteiger charge is -2.35. The molecular formula is C19H21N3OS. The van der Waals surface area contributed by atoms with Crippen molar-refractivity contribution in [1.29, 1.82) is 0 Å². The Morgan fingerprint density at radius 2 is 1.96 bits per heavy atom. The second-order valence-corrected chi connectivity index (χ2v) is 7.38. The zero-order chi connectivity index (χ0) is 16.4. The number of fused-ring (bicyclic) bond motifs is 1. The van der Waals surface area contributed by atoms with Crippen LogP contribution in [0.1, 0.15) is 22.3 Å². The Bertz CT molecular complexity index is 727. The van der Waals surface area contributed by atoms with Gasteiger partial charge in [0.05, 0.1) is 0 Å². The van der Waals surface area contributed by atoms with Crippen LogP contribution in [0.25, 0.3) is 0 Å². The number of carbonyl (C=O) groups excluding carboxylic acids is 1. The number of pyridine rings is 1. The molecule has 0 unspecified atom stereocenters. The normalized spacial score (nSPS) is 17.5. The van der Waals surface area contributed by atoms with Crippen molar-refractivity contribution < 1.29 is 4.79 Å². The highest BCUT2D eigenvalue weighted by Gasteiger charge is 2.23. The highest BCUT2D eigenvalue weighted by molar-refractivity contribution is 7.99. The first kappa shape index (κ1) is 15.5. The minimum absolute atomic E-state index is 0.161. The molecule has 0 radical (unpaired) electrons. The molecule has 1 aromatic heterocycles. The quantitative estimate of drug-likeness (QED) is 0.842. The number of amides is 1. The van der Waals surface area contributed by atoms with Crippen LogP contribution in [0, 0.1) is 0 Å². The third kappa shape index (κ3) is 3.13. The summed E-state index contributed by atoms with van der Waals surface area (Å²) in [6, 6.07) is 12.2. The maximum Gasteiger partial charge on any atom is 0.253 e. The second kappa shape index (κ2) is 6.85. The molecule has 124 valence electrons. The molecule has 0 saturated carbocycles. The predicted molar refractivity (Wildman–Crippen MR) is 97.8 cm³/mol. The summed E-state index contributed by atoms with van der Waals surface area (Å²) in [7, 11) is 0. The van der Waals surface area contributed by atoms with Crippen molar-refractivity contribution in [3.63, 3.8) is 0 Å². The fourth-order valence-corrected chi connectivity index (χ4v) is 4.37. The van der Waals surface area contributed by atoms with Gasteiger partial charge in [-0.3, -0.25) is 4.79 Å². The maximum absolute atomic E-state index is 12.8. The molecule has 0 spiro atoms. The van der Waals surface area contributed by atoms with Crippen molar-refractivity contribution in [2.24, 2.45) is 0 Å². The SMILES string of the molecule is O=C(c1ccc2c(c1)CCCS2)N1CCN(c2ccccn2)CC1. The van der Waals surface area contributed by atoms with E-state index in [4.69, 9.17) is 0 Å². The maximum atomic E-state index is 12.8. The van der Waals surface area contributed by atoms with Crippen LogP contribution in [-0.2, 0) is 6.42 Å². The van der Waals surface area contributed by atoms with Crippen LogP contribution in [0.5, 0.6) is 0 Å². The van der Waals surface area contributed by atoms with Gasteiger partial charge in [-0.2, -0.15) is 0 Å². The largest absolute Gasteiger partial charge is 0.353 e. The summed E-state index contributed by atoms with van der Waals surface area (Å²) in [5.74, 6) is 2.35. The summed E-state index contributed by atoms with van der Waals surface area (Å²) >= 11 is 1.90. The van der Waals surface area contributed by atoms with Crippen LogP contribution in [0.15, 0.2) is 47.5 Å². The van der Waals surface area contributed by atoms with E-state index in [9.17, 15) is 4.79 Å². The molecule has 1 saturated heterocycles. The number of nitrogens with zero attached hydrogens (tertiary/aromatic N) is 3. The summed E-state index contributed by atoms with van der Waals surface area (Å²) in [5, 5.41) is 0. The Morgan fingerprint density at radius 1 is 1.08 bits per heavy atom. The van der Waals surface area contributed by atoms with E-state index >= 15 is 0 Å². The Labute approximate surface area is 146 Å². The minimum Gasteiger partial charge on any atom is -0.353 e. The van der Waals surface area contributed by atoms with E-state index in [0.29, 0.717) is 0 Å². The van der Waals surface area contributed by atoms with Gasteiger partial charge in [-0.05, 0) is 54.5 Å². The van der Waals surface area contributed by atoms with Gasteiger partial charge in [-0.15, -0.1) is 11.8 Å². The van der Waals surface area contributed by atoms with Gasteiger partial charge >= 0.3 is 0 Å². The van der Waals surface area contributed by atoms with Crippen LogP contribution in [0.2, 0.25) is 0 Å². The fraction of sp³-hybridized carbons (Fsp3) is 0.368. The molecule has 3 heterocycles. The number of anilines is 1. The van der Waals surface area contributed by atoms with Gasteiger partial charge in [0.25, 0.3) is 5.91 Å².